The van der Waals surface area contributed by atoms with Crippen LogP contribution in [0, 0.1) is 0 Å². The van der Waals surface area contributed by atoms with Gasteiger partial charge < -0.3 is 19.1 Å². The molecule has 0 aliphatic carbocycles. The smallest absolute Gasteiger partial charge is 0.257 e. The fourth-order valence-electron chi connectivity index (χ4n) is 4.71. The minimum Gasteiger partial charge on any atom is -0.497 e. The molecule has 38 heavy (non-hydrogen) atoms. The molecule has 13 heteroatoms. The fourth-order valence-corrected chi connectivity index (χ4v) is 8.69. The molecule has 208 valence electrons. The molecule has 2 aliphatic rings. The van der Waals surface area contributed by atoms with Crippen LogP contribution in [-0.2, 0) is 29.0 Å². The Morgan fingerprint density at radius 2 is 2.00 bits per heavy atom. The van der Waals surface area contributed by atoms with Gasteiger partial charge in [-0.05, 0) is 59.5 Å². The average Bonchev–Trinajstić information content (AvgIpc) is 3.31. The van der Waals surface area contributed by atoms with Gasteiger partial charge in [0, 0.05) is 37.1 Å². The topological polar surface area (TPSA) is 120 Å². The zero-order valence-corrected chi connectivity index (χ0v) is 24.5. The minimum atomic E-state index is -3.88. The van der Waals surface area contributed by atoms with Crippen molar-refractivity contribution in [2.75, 3.05) is 39.7 Å². The summed E-state index contributed by atoms with van der Waals surface area (Å²) < 4.78 is 43.0. The molecule has 2 atom stereocenters. The van der Waals surface area contributed by atoms with Crippen molar-refractivity contribution in [2.24, 2.45) is 0 Å². The van der Waals surface area contributed by atoms with Crippen molar-refractivity contribution in [3.63, 3.8) is 0 Å². The molecule has 1 aromatic heterocycles. The molecule has 2 unspecified atom stereocenters. The third-order valence-electron chi connectivity index (χ3n) is 6.85. The zero-order valence-electron chi connectivity index (χ0n) is 21.2. The van der Waals surface area contributed by atoms with Crippen molar-refractivity contribution in [3.05, 3.63) is 44.6 Å². The first-order valence-electron chi connectivity index (χ1n) is 12.2. The second-order valence-electron chi connectivity index (χ2n) is 9.14. The van der Waals surface area contributed by atoms with Gasteiger partial charge in [0.05, 0.1) is 35.7 Å². The third kappa shape index (κ3) is 6.17. The number of halogens is 1. The number of thiophene rings is 1. The molecule has 2 saturated heterocycles. The Bertz CT molecular complexity index is 1260. The summed E-state index contributed by atoms with van der Waals surface area (Å²) in [4.78, 5) is 34.0. The van der Waals surface area contributed by atoms with Gasteiger partial charge in [0.25, 0.3) is 5.91 Å². The molecule has 2 amide bonds. The Labute approximate surface area is 234 Å². The number of hydroxylamine groups is 1. The molecule has 2 aliphatic heterocycles. The summed E-state index contributed by atoms with van der Waals surface area (Å²) in [6.07, 6.45) is 1.64. The van der Waals surface area contributed by atoms with Gasteiger partial charge in [0.15, 0.2) is 16.1 Å². The predicted octanol–water partition coefficient (Wildman–Crippen LogP) is 3.65. The molecule has 4 rings (SSSR count). The van der Waals surface area contributed by atoms with E-state index < -0.39 is 26.8 Å². The normalized spacial score (nSPS) is 23.3. The average molecular weight is 632 g/mol. The number of methoxy groups -OCH3 is 2. The Balaban J connectivity index is 1.59. The minimum absolute atomic E-state index is 0.0152. The van der Waals surface area contributed by atoms with Gasteiger partial charge in [-0.2, -0.15) is 0 Å². The molecular formula is C25H31BrN2O8S2. The highest BCUT2D eigenvalue weighted by atomic mass is 79.9. The predicted molar refractivity (Wildman–Crippen MR) is 145 cm³/mol. The number of carbonyl (C=O) groups is 2. The van der Waals surface area contributed by atoms with Crippen molar-refractivity contribution in [1.82, 2.24) is 10.4 Å². The highest BCUT2D eigenvalue weighted by Crippen LogP contribution is 2.44. The van der Waals surface area contributed by atoms with Crippen molar-refractivity contribution in [1.29, 1.82) is 0 Å². The molecule has 3 heterocycles. The van der Waals surface area contributed by atoms with Crippen LogP contribution in [0.1, 0.15) is 47.3 Å². The van der Waals surface area contributed by atoms with E-state index in [1.165, 1.54) is 30.5 Å². The van der Waals surface area contributed by atoms with Gasteiger partial charge in [-0.1, -0.05) is 0 Å². The Morgan fingerprint density at radius 3 is 2.66 bits per heavy atom. The van der Waals surface area contributed by atoms with E-state index in [1.807, 2.05) is 0 Å². The lowest BCUT2D eigenvalue weighted by molar-refractivity contribution is -0.200. The van der Waals surface area contributed by atoms with E-state index in [1.54, 1.807) is 30.3 Å². The number of ether oxygens (including phenoxy) is 3. The first-order chi connectivity index (χ1) is 18.2. The van der Waals surface area contributed by atoms with Crippen LogP contribution in [0.15, 0.2) is 34.1 Å². The van der Waals surface area contributed by atoms with Crippen LogP contribution in [0.25, 0.3) is 0 Å². The third-order valence-corrected chi connectivity index (χ3v) is 11.3. The Hall–Kier alpha value is -2.19. The molecule has 1 aromatic carbocycles. The summed E-state index contributed by atoms with van der Waals surface area (Å²) >= 11 is 4.68. The van der Waals surface area contributed by atoms with Crippen LogP contribution >= 0.6 is 27.3 Å². The van der Waals surface area contributed by atoms with E-state index in [9.17, 15) is 18.0 Å². The first kappa shape index (κ1) is 28.8. The summed E-state index contributed by atoms with van der Waals surface area (Å²) in [7, 11) is -0.907. The quantitative estimate of drug-likeness (QED) is 0.439. The van der Waals surface area contributed by atoms with Gasteiger partial charge in [-0.15, -0.1) is 11.3 Å². The molecular weight excluding hydrogens is 600 g/mol. The van der Waals surface area contributed by atoms with Crippen molar-refractivity contribution < 1.29 is 37.1 Å². The summed E-state index contributed by atoms with van der Waals surface area (Å²) in [5, 5.41) is 0. The first-order valence-corrected chi connectivity index (χ1v) is 15.5. The SMILES string of the molecule is COc1ccc(C(=O)N2CCC(CC(=O)NOC3CCCCO3)(c3ccc(Br)s3)S(=O)(=O)CC2)c(OC)c1. The van der Waals surface area contributed by atoms with Crippen molar-refractivity contribution in [3.8, 4) is 11.5 Å². The van der Waals surface area contributed by atoms with Crippen LogP contribution in [0.2, 0.25) is 0 Å². The second kappa shape index (κ2) is 12.3. The lowest BCUT2D eigenvalue weighted by Crippen LogP contribution is -2.43. The monoisotopic (exact) mass is 630 g/mol. The molecule has 0 spiro atoms. The molecule has 0 radical (unpaired) electrons. The van der Waals surface area contributed by atoms with Gasteiger partial charge in [0.2, 0.25) is 5.91 Å². The summed E-state index contributed by atoms with van der Waals surface area (Å²) in [5.41, 5.74) is 2.70. The van der Waals surface area contributed by atoms with E-state index in [4.69, 9.17) is 19.0 Å². The van der Waals surface area contributed by atoms with E-state index in [0.29, 0.717) is 35.0 Å². The highest BCUT2D eigenvalue weighted by Gasteiger charge is 2.50. The van der Waals surface area contributed by atoms with E-state index in [0.717, 1.165) is 16.6 Å². The van der Waals surface area contributed by atoms with Crippen LogP contribution < -0.4 is 15.0 Å². The van der Waals surface area contributed by atoms with Crippen molar-refractivity contribution in [2.45, 2.75) is 43.1 Å². The molecule has 1 N–H and O–H groups in total. The standard InChI is InChI=1S/C25H31BrN2O8S2/c1-33-17-6-7-18(19(15-17)34-2)24(30)28-11-10-25(38(31,32)14-12-28,20-8-9-21(26)37-20)16-22(29)27-36-23-5-3-4-13-35-23/h6-9,15,23H,3-5,10-14,16H2,1-2H3,(H,27,29). The number of hydrogen-bond donors (Lipinski definition) is 1. The maximum absolute atomic E-state index is 13.9. The molecule has 2 aromatic rings. The number of hydrogen-bond acceptors (Lipinski definition) is 9. The number of nitrogens with one attached hydrogen (secondary N) is 1. The lowest BCUT2D eigenvalue weighted by atomic mass is 9.97. The van der Waals surface area contributed by atoms with Crippen LogP contribution in [0.5, 0.6) is 11.5 Å². The van der Waals surface area contributed by atoms with E-state index in [2.05, 4.69) is 21.4 Å². The van der Waals surface area contributed by atoms with E-state index in [-0.39, 0.29) is 37.6 Å². The number of benzene rings is 1. The maximum atomic E-state index is 13.9. The zero-order chi connectivity index (χ0) is 27.3. The maximum Gasteiger partial charge on any atom is 0.257 e. The largest absolute Gasteiger partial charge is 0.497 e. The van der Waals surface area contributed by atoms with E-state index >= 15 is 0 Å². The summed E-state index contributed by atoms with van der Waals surface area (Å²) in [5.74, 6) is -0.358. The molecule has 2 fully saturated rings. The van der Waals surface area contributed by atoms with Gasteiger partial charge in [-0.3, -0.25) is 9.59 Å². The molecule has 0 bridgehead atoms. The lowest BCUT2D eigenvalue weighted by Gasteiger charge is -2.31. The van der Waals surface area contributed by atoms with Crippen LogP contribution in [0.4, 0.5) is 0 Å². The Morgan fingerprint density at radius 1 is 1.18 bits per heavy atom. The summed E-state index contributed by atoms with van der Waals surface area (Å²) in [6, 6.07) is 8.33. The second-order valence-corrected chi connectivity index (χ2v) is 14.0. The Kier molecular flexibility index (Phi) is 9.35. The summed E-state index contributed by atoms with van der Waals surface area (Å²) in [6.45, 7) is 0.659. The van der Waals surface area contributed by atoms with Crippen LogP contribution in [0.3, 0.4) is 0 Å². The number of carbonyl (C=O) groups excluding carboxylic acids is 2. The van der Waals surface area contributed by atoms with Gasteiger partial charge >= 0.3 is 0 Å². The highest BCUT2D eigenvalue weighted by molar-refractivity contribution is 9.11. The number of rotatable bonds is 8. The number of amides is 2. The molecule has 10 nitrogen and oxygen atoms in total. The number of sulfone groups is 1. The van der Waals surface area contributed by atoms with Crippen LogP contribution in [-0.4, -0.2) is 71.1 Å². The van der Waals surface area contributed by atoms with Gasteiger partial charge in [0.1, 0.15) is 16.2 Å². The number of nitrogens with zero attached hydrogens (tertiary/aromatic N) is 1. The van der Waals surface area contributed by atoms with Gasteiger partial charge in [-0.25, -0.2) is 18.7 Å². The molecule has 0 saturated carbocycles. The fraction of sp³-hybridized carbons (Fsp3) is 0.520. The van der Waals surface area contributed by atoms with Crippen molar-refractivity contribution >= 4 is 48.9 Å².